The Kier molecular flexibility index (Phi) is 7.40. The molecule has 0 saturated carbocycles. The van der Waals surface area contributed by atoms with E-state index in [1.165, 1.54) is 14.2 Å². The number of fused-ring (bicyclic) bond motifs is 3. The third-order valence-corrected chi connectivity index (χ3v) is 4.54. The summed E-state index contributed by atoms with van der Waals surface area (Å²) in [5, 5.41) is 10.7. The molecule has 0 radical (unpaired) electrons. The van der Waals surface area contributed by atoms with E-state index in [-0.39, 0.29) is 25.5 Å². The molecule has 168 valence electrons. The first-order valence-corrected chi connectivity index (χ1v) is 9.82. The van der Waals surface area contributed by atoms with E-state index in [4.69, 9.17) is 13.9 Å². The van der Waals surface area contributed by atoms with E-state index in [0.717, 1.165) is 16.4 Å². The Balaban J connectivity index is 1.64. The summed E-state index contributed by atoms with van der Waals surface area (Å²) >= 11 is 0. The lowest BCUT2D eigenvalue weighted by Gasteiger charge is -2.10. The monoisotopic (exact) mass is 440 g/mol. The van der Waals surface area contributed by atoms with Gasteiger partial charge in [0.1, 0.15) is 16.9 Å². The Morgan fingerprint density at radius 2 is 1.81 bits per heavy atom. The van der Waals surface area contributed by atoms with Gasteiger partial charge in [-0.15, -0.1) is 0 Å². The molecule has 3 N–H and O–H groups in total. The maximum atomic E-state index is 12.5. The van der Waals surface area contributed by atoms with Crippen LogP contribution in [0.4, 0.5) is 5.69 Å². The summed E-state index contributed by atoms with van der Waals surface area (Å²) in [6.45, 7) is 2.04. The number of nitrogens with one attached hydrogen (secondary N) is 3. The Labute approximate surface area is 183 Å². The molecule has 1 aromatic heterocycles. The van der Waals surface area contributed by atoms with Gasteiger partial charge in [-0.2, -0.15) is 5.10 Å². The Bertz CT molecular complexity index is 1180. The highest BCUT2D eigenvalue weighted by Gasteiger charge is 2.15. The third kappa shape index (κ3) is 5.41. The molecule has 0 aliphatic carbocycles. The minimum absolute atomic E-state index is 0.104. The Morgan fingerprint density at radius 1 is 1.03 bits per heavy atom. The third-order valence-electron chi connectivity index (χ3n) is 4.54. The standard InChI is InChI=1S/C22H24N4O6/c1-13(25-26-22(29)21(28)23-8-9-30-2)10-20(27)24-16-12-18-15(11-19(16)31-3)14-6-4-5-7-17(14)32-18/h4-7,11-12H,8-10H2,1-3H3,(H,23,28)(H,24,27)(H,26,29)/b25-13+. The Hall–Kier alpha value is -3.92. The fourth-order valence-electron chi connectivity index (χ4n) is 3.03. The number of nitrogens with zero attached hydrogens (tertiary/aromatic N) is 1. The molecule has 0 aliphatic heterocycles. The minimum Gasteiger partial charge on any atom is -0.495 e. The second-order valence-electron chi connectivity index (χ2n) is 6.91. The number of amides is 3. The van der Waals surface area contributed by atoms with E-state index in [0.29, 0.717) is 22.7 Å². The fourth-order valence-corrected chi connectivity index (χ4v) is 3.03. The number of methoxy groups -OCH3 is 2. The number of anilines is 1. The summed E-state index contributed by atoms with van der Waals surface area (Å²) < 4.78 is 16.1. The van der Waals surface area contributed by atoms with Crippen molar-refractivity contribution < 1.29 is 28.3 Å². The molecule has 0 fully saturated rings. The molecule has 0 atom stereocenters. The lowest BCUT2D eigenvalue weighted by Crippen LogP contribution is -2.39. The molecule has 1 heterocycles. The van der Waals surface area contributed by atoms with Crippen LogP contribution in [0, 0.1) is 0 Å². The number of furan rings is 1. The number of hydrogen-bond donors (Lipinski definition) is 3. The quantitative estimate of drug-likeness (QED) is 0.213. The van der Waals surface area contributed by atoms with Gasteiger partial charge in [-0.05, 0) is 19.1 Å². The lowest BCUT2D eigenvalue weighted by molar-refractivity contribution is -0.139. The molecular weight excluding hydrogens is 416 g/mol. The van der Waals surface area contributed by atoms with Crippen LogP contribution < -0.4 is 20.8 Å². The highest BCUT2D eigenvalue weighted by Crippen LogP contribution is 2.36. The molecular formula is C22H24N4O6. The zero-order valence-electron chi connectivity index (χ0n) is 18.0. The predicted octanol–water partition coefficient (Wildman–Crippen LogP) is 2.18. The summed E-state index contributed by atoms with van der Waals surface area (Å²) in [4.78, 5) is 35.8. The van der Waals surface area contributed by atoms with Gasteiger partial charge in [0.2, 0.25) is 5.91 Å². The number of hydrogen-bond acceptors (Lipinski definition) is 7. The molecule has 0 saturated heterocycles. The van der Waals surface area contributed by atoms with Gasteiger partial charge in [0.15, 0.2) is 0 Å². The number of carbonyl (C=O) groups is 3. The normalized spacial score (nSPS) is 11.4. The van der Waals surface area contributed by atoms with Crippen LogP contribution in [-0.4, -0.2) is 50.8 Å². The first-order chi connectivity index (χ1) is 15.4. The maximum Gasteiger partial charge on any atom is 0.329 e. The van der Waals surface area contributed by atoms with Crippen molar-refractivity contribution in [1.82, 2.24) is 10.7 Å². The van der Waals surface area contributed by atoms with Crippen LogP contribution in [0.15, 0.2) is 45.9 Å². The van der Waals surface area contributed by atoms with Gasteiger partial charge in [-0.25, -0.2) is 5.43 Å². The van der Waals surface area contributed by atoms with Gasteiger partial charge >= 0.3 is 11.8 Å². The summed E-state index contributed by atoms with van der Waals surface area (Å²) in [6, 6.07) is 11.1. The Morgan fingerprint density at radius 3 is 2.56 bits per heavy atom. The van der Waals surface area contributed by atoms with Crippen LogP contribution in [0.2, 0.25) is 0 Å². The molecule has 0 spiro atoms. The zero-order chi connectivity index (χ0) is 23.1. The van der Waals surface area contributed by atoms with Crippen molar-refractivity contribution in [3.05, 3.63) is 36.4 Å². The van der Waals surface area contributed by atoms with Crippen LogP contribution in [0.25, 0.3) is 21.9 Å². The van der Waals surface area contributed by atoms with Crippen molar-refractivity contribution >= 4 is 51.1 Å². The molecule has 32 heavy (non-hydrogen) atoms. The van der Waals surface area contributed by atoms with Crippen LogP contribution >= 0.6 is 0 Å². The number of benzene rings is 2. The van der Waals surface area contributed by atoms with Crippen molar-refractivity contribution in [1.29, 1.82) is 0 Å². The number of rotatable bonds is 8. The van der Waals surface area contributed by atoms with Crippen molar-refractivity contribution in [3.63, 3.8) is 0 Å². The fraction of sp³-hybridized carbons (Fsp3) is 0.273. The van der Waals surface area contributed by atoms with Crippen molar-refractivity contribution in [3.8, 4) is 5.75 Å². The van der Waals surface area contributed by atoms with Gasteiger partial charge in [0.25, 0.3) is 0 Å². The zero-order valence-corrected chi connectivity index (χ0v) is 18.0. The smallest absolute Gasteiger partial charge is 0.329 e. The molecule has 10 heteroatoms. The predicted molar refractivity (Wildman–Crippen MR) is 120 cm³/mol. The highest BCUT2D eigenvalue weighted by molar-refractivity contribution is 6.35. The number of para-hydroxylation sites is 1. The molecule has 3 aromatic rings. The van der Waals surface area contributed by atoms with Crippen LogP contribution in [0.5, 0.6) is 5.75 Å². The van der Waals surface area contributed by atoms with Crippen LogP contribution in [-0.2, 0) is 19.1 Å². The summed E-state index contributed by atoms with van der Waals surface area (Å²) in [5.74, 6) is -1.67. The van der Waals surface area contributed by atoms with Gasteiger partial charge in [-0.3, -0.25) is 14.4 Å². The first-order valence-electron chi connectivity index (χ1n) is 9.82. The van der Waals surface area contributed by atoms with Gasteiger partial charge in [0, 0.05) is 36.2 Å². The van der Waals surface area contributed by atoms with Gasteiger partial charge in [-0.1, -0.05) is 18.2 Å². The molecule has 0 aliphatic rings. The van der Waals surface area contributed by atoms with Gasteiger partial charge in [0.05, 0.1) is 25.8 Å². The highest BCUT2D eigenvalue weighted by atomic mass is 16.5. The molecule has 10 nitrogen and oxygen atoms in total. The van der Waals surface area contributed by atoms with Gasteiger partial charge < -0.3 is 24.5 Å². The van der Waals surface area contributed by atoms with E-state index in [1.54, 1.807) is 19.1 Å². The van der Waals surface area contributed by atoms with E-state index in [9.17, 15) is 14.4 Å². The summed E-state index contributed by atoms with van der Waals surface area (Å²) in [6.07, 6.45) is -0.104. The molecule has 0 unspecified atom stereocenters. The van der Waals surface area contributed by atoms with E-state index in [1.807, 2.05) is 24.3 Å². The summed E-state index contributed by atoms with van der Waals surface area (Å²) in [7, 11) is 2.99. The topological polar surface area (TPSA) is 131 Å². The maximum absolute atomic E-state index is 12.5. The SMILES string of the molecule is COCCNC(=O)C(=O)N/N=C(\C)CC(=O)Nc1cc2oc3ccccc3c2cc1OC. The number of hydrazone groups is 1. The minimum atomic E-state index is -0.933. The largest absolute Gasteiger partial charge is 0.495 e. The van der Waals surface area contributed by atoms with Crippen molar-refractivity contribution in [2.75, 3.05) is 32.7 Å². The first kappa shape index (κ1) is 22.8. The average molecular weight is 440 g/mol. The van der Waals surface area contributed by atoms with E-state index >= 15 is 0 Å². The molecule has 0 bridgehead atoms. The lowest BCUT2D eigenvalue weighted by atomic mass is 10.1. The molecule has 3 amide bonds. The van der Waals surface area contributed by atoms with E-state index in [2.05, 4.69) is 21.2 Å². The second-order valence-corrected chi connectivity index (χ2v) is 6.91. The van der Waals surface area contributed by atoms with Crippen molar-refractivity contribution in [2.45, 2.75) is 13.3 Å². The second kappa shape index (κ2) is 10.4. The average Bonchev–Trinajstić information content (AvgIpc) is 3.14. The molecule has 3 rings (SSSR count). The summed E-state index contributed by atoms with van der Waals surface area (Å²) in [5.41, 5.74) is 4.21. The van der Waals surface area contributed by atoms with E-state index < -0.39 is 11.8 Å². The molecule has 2 aromatic carbocycles. The number of ether oxygens (including phenoxy) is 2. The number of carbonyl (C=O) groups excluding carboxylic acids is 3. The van der Waals surface area contributed by atoms with Crippen molar-refractivity contribution in [2.24, 2.45) is 5.10 Å². The van der Waals surface area contributed by atoms with Crippen LogP contribution in [0.1, 0.15) is 13.3 Å². The van der Waals surface area contributed by atoms with Crippen LogP contribution in [0.3, 0.4) is 0 Å².